The number of nitrogens with zero attached hydrogens (tertiary/aromatic N) is 1. The first-order chi connectivity index (χ1) is 8.67. The van der Waals surface area contributed by atoms with Gasteiger partial charge in [0.1, 0.15) is 0 Å². The lowest BCUT2D eigenvalue weighted by Gasteiger charge is -2.07. The molecule has 3 N–H and O–H groups in total. The van der Waals surface area contributed by atoms with Crippen molar-refractivity contribution in [3.8, 4) is 11.5 Å². The fourth-order valence-corrected chi connectivity index (χ4v) is 1.40. The van der Waals surface area contributed by atoms with Crippen LogP contribution >= 0.6 is 0 Å². The van der Waals surface area contributed by atoms with Crippen LogP contribution in [-0.4, -0.2) is 30.6 Å². The fourth-order valence-electron chi connectivity index (χ4n) is 1.40. The number of benzene rings is 1. The zero-order valence-corrected chi connectivity index (χ0v) is 9.97. The molecule has 2 rings (SSSR count). The number of hydrogen-bond acceptors (Lipinski definition) is 5. The predicted octanol–water partition coefficient (Wildman–Crippen LogP) is 0.0418. The highest BCUT2D eigenvalue weighted by Crippen LogP contribution is 2.29. The number of carbonyl (C=O) groups is 1. The monoisotopic (exact) mass is 251 g/mol. The van der Waals surface area contributed by atoms with E-state index in [1.165, 1.54) is 20.5 Å². The summed E-state index contributed by atoms with van der Waals surface area (Å²) >= 11 is 0. The van der Waals surface area contributed by atoms with Crippen LogP contribution in [0.3, 0.4) is 0 Å². The van der Waals surface area contributed by atoms with Gasteiger partial charge in [-0.2, -0.15) is 0 Å². The molecule has 0 unspecified atom stereocenters. The van der Waals surface area contributed by atoms with E-state index in [1.807, 2.05) is 0 Å². The summed E-state index contributed by atoms with van der Waals surface area (Å²) in [6.07, 6.45) is 1.61. The maximum Gasteiger partial charge on any atom is 0.258 e. The van der Waals surface area contributed by atoms with Crippen LogP contribution < -0.4 is 20.8 Å². The lowest BCUT2D eigenvalue weighted by molar-refractivity contribution is -0.106. The van der Waals surface area contributed by atoms with Gasteiger partial charge in [0.2, 0.25) is 6.41 Å². The van der Waals surface area contributed by atoms with Gasteiger partial charge < -0.3 is 20.2 Å². The molecule has 7 nitrogen and oxygen atoms in total. The van der Waals surface area contributed by atoms with Crippen molar-refractivity contribution in [1.82, 2.24) is 9.97 Å². The van der Waals surface area contributed by atoms with Gasteiger partial charge in [0.05, 0.1) is 31.4 Å². The van der Waals surface area contributed by atoms with Crippen molar-refractivity contribution >= 4 is 17.3 Å². The van der Waals surface area contributed by atoms with E-state index in [0.29, 0.717) is 22.4 Å². The van der Waals surface area contributed by atoms with Crippen LogP contribution in [0.4, 0.5) is 0 Å². The molecule has 0 atom stereocenters. The highest BCUT2D eigenvalue weighted by atomic mass is 16.5. The van der Waals surface area contributed by atoms with Crippen molar-refractivity contribution in [3.05, 3.63) is 28.8 Å². The van der Waals surface area contributed by atoms with Crippen molar-refractivity contribution in [3.63, 3.8) is 0 Å². The predicted molar refractivity (Wildman–Crippen MR) is 65.7 cm³/mol. The molecule has 1 heterocycles. The average molecular weight is 251 g/mol. The summed E-state index contributed by atoms with van der Waals surface area (Å²) in [7, 11) is 3.06. The first-order valence-corrected chi connectivity index (χ1v) is 4.92. The van der Waals surface area contributed by atoms with E-state index in [2.05, 4.69) is 15.7 Å². The van der Waals surface area contributed by atoms with Crippen LogP contribution in [0, 0.1) is 0 Å². The summed E-state index contributed by atoms with van der Waals surface area (Å²) in [4.78, 5) is 26.6. The SMILES string of the molecule is COc1cc2nc[nH]c(=O)c2cc1OC.NC=O. The van der Waals surface area contributed by atoms with Gasteiger partial charge in [-0.25, -0.2) is 4.98 Å². The van der Waals surface area contributed by atoms with Crippen LogP contribution in [0.5, 0.6) is 11.5 Å². The normalized spacial score (nSPS) is 9.22. The minimum absolute atomic E-state index is 0.194. The molecule has 0 saturated carbocycles. The van der Waals surface area contributed by atoms with Crippen LogP contribution in [0.15, 0.2) is 23.3 Å². The molecule has 0 saturated heterocycles. The summed E-state index contributed by atoms with van der Waals surface area (Å²) in [5.74, 6) is 1.08. The number of fused-ring (bicyclic) bond motifs is 1. The molecule has 0 aliphatic carbocycles. The van der Waals surface area contributed by atoms with E-state index in [9.17, 15) is 4.79 Å². The molecule has 1 aromatic carbocycles. The summed E-state index contributed by atoms with van der Waals surface area (Å²) in [6, 6.07) is 3.28. The van der Waals surface area contributed by atoms with Crippen molar-refractivity contribution in [2.45, 2.75) is 0 Å². The second-order valence-electron chi connectivity index (χ2n) is 3.09. The Balaban J connectivity index is 0.000000492. The number of hydrogen-bond donors (Lipinski definition) is 2. The van der Waals surface area contributed by atoms with E-state index in [-0.39, 0.29) is 12.0 Å². The third-order valence-corrected chi connectivity index (χ3v) is 2.15. The van der Waals surface area contributed by atoms with E-state index < -0.39 is 0 Å². The van der Waals surface area contributed by atoms with E-state index in [1.54, 1.807) is 12.1 Å². The minimum Gasteiger partial charge on any atom is -0.493 e. The molecule has 1 aromatic heterocycles. The molecule has 18 heavy (non-hydrogen) atoms. The highest BCUT2D eigenvalue weighted by molar-refractivity contribution is 5.81. The average Bonchev–Trinajstić information content (AvgIpc) is 2.38. The molecule has 0 radical (unpaired) electrons. The van der Waals surface area contributed by atoms with Crippen molar-refractivity contribution in [1.29, 1.82) is 0 Å². The number of H-pyrrole nitrogens is 1. The van der Waals surface area contributed by atoms with Crippen molar-refractivity contribution in [2.24, 2.45) is 5.73 Å². The highest BCUT2D eigenvalue weighted by Gasteiger charge is 2.08. The van der Waals surface area contributed by atoms with Gasteiger partial charge in [0.25, 0.3) is 5.56 Å². The number of nitrogens with one attached hydrogen (secondary N) is 1. The third-order valence-electron chi connectivity index (χ3n) is 2.15. The topological polar surface area (TPSA) is 107 Å². The summed E-state index contributed by atoms with van der Waals surface area (Å²) < 4.78 is 10.2. The van der Waals surface area contributed by atoms with Gasteiger partial charge in [0.15, 0.2) is 11.5 Å². The lowest BCUT2D eigenvalue weighted by Crippen LogP contribution is -2.06. The van der Waals surface area contributed by atoms with Gasteiger partial charge >= 0.3 is 0 Å². The fraction of sp³-hybridized carbons (Fsp3) is 0.182. The van der Waals surface area contributed by atoms with Crippen LogP contribution in [0.1, 0.15) is 0 Å². The number of primary amides is 1. The maximum absolute atomic E-state index is 11.5. The Morgan fingerprint density at radius 2 is 1.83 bits per heavy atom. The maximum atomic E-state index is 11.5. The quantitative estimate of drug-likeness (QED) is 0.733. The standard InChI is InChI=1S/C10H10N2O3.CH3NO/c1-14-8-3-6-7(4-9(8)15-2)11-5-12-10(6)13;2-1-3/h3-5H,1-2H3,(H,11,12,13);1H,(H2,2,3). The van der Waals surface area contributed by atoms with Crippen molar-refractivity contribution in [2.75, 3.05) is 14.2 Å². The molecular formula is C11H13N3O4. The summed E-state index contributed by atoms with van der Waals surface area (Å²) in [6.45, 7) is 0. The minimum atomic E-state index is -0.194. The third kappa shape index (κ3) is 2.76. The molecule has 0 fully saturated rings. The Morgan fingerprint density at radius 3 is 2.39 bits per heavy atom. The van der Waals surface area contributed by atoms with Gasteiger partial charge in [-0.1, -0.05) is 0 Å². The Kier molecular flexibility index (Phi) is 4.67. The van der Waals surface area contributed by atoms with E-state index in [4.69, 9.17) is 14.3 Å². The summed E-state index contributed by atoms with van der Waals surface area (Å²) in [5, 5.41) is 0.482. The van der Waals surface area contributed by atoms with Gasteiger partial charge in [0, 0.05) is 6.07 Å². The largest absolute Gasteiger partial charge is 0.493 e. The molecule has 0 bridgehead atoms. The molecule has 7 heteroatoms. The molecule has 2 aromatic rings. The lowest BCUT2D eigenvalue weighted by atomic mass is 10.2. The van der Waals surface area contributed by atoms with Crippen LogP contribution in [-0.2, 0) is 4.79 Å². The second kappa shape index (κ2) is 6.24. The zero-order valence-electron chi connectivity index (χ0n) is 9.97. The number of aromatic nitrogens is 2. The Bertz CT molecular complexity index is 594. The van der Waals surface area contributed by atoms with E-state index in [0.717, 1.165) is 0 Å². The molecule has 1 amide bonds. The van der Waals surface area contributed by atoms with Crippen molar-refractivity contribution < 1.29 is 14.3 Å². The van der Waals surface area contributed by atoms with Crippen LogP contribution in [0.2, 0.25) is 0 Å². The van der Waals surface area contributed by atoms with Crippen LogP contribution in [0.25, 0.3) is 10.9 Å². The Labute approximate surface area is 103 Å². The number of amides is 1. The second-order valence-corrected chi connectivity index (χ2v) is 3.09. The van der Waals surface area contributed by atoms with E-state index >= 15 is 0 Å². The smallest absolute Gasteiger partial charge is 0.258 e. The zero-order chi connectivity index (χ0) is 13.5. The molecule has 96 valence electrons. The number of carbonyl (C=O) groups excluding carboxylic acids is 1. The molecular weight excluding hydrogens is 238 g/mol. The van der Waals surface area contributed by atoms with Gasteiger partial charge in [-0.05, 0) is 6.07 Å². The number of ether oxygens (including phenoxy) is 2. The van der Waals surface area contributed by atoms with Gasteiger partial charge in [-0.15, -0.1) is 0 Å². The molecule has 0 spiro atoms. The Hall–Kier alpha value is -2.57. The Morgan fingerprint density at radius 1 is 1.28 bits per heavy atom. The first-order valence-electron chi connectivity index (χ1n) is 4.92. The number of rotatable bonds is 2. The first kappa shape index (κ1) is 13.5. The van der Waals surface area contributed by atoms with Gasteiger partial charge in [-0.3, -0.25) is 9.59 Å². The molecule has 0 aliphatic rings. The number of nitrogens with two attached hydrogens (primary N) is 1. The molecule has 0 aliphatic heterocycles. The number of methoxy groups -OCH3 is 2. The number of aromatic amines is 1. The summed E-state index contributed by atoms with van der Waals surface area (Å²) in [5.41, 5.74) is 4.55.